The largest absolute Gasteiger partial charge is 0.321 e. The number of fused-ring (bicyclic) bond motifs is 1. The Morgan fingerprint density at radius 3 is 3.29 bits per heavy atom. The van der Waals surface area contributed by atoms with E-state index in [-0.39, 0.29) is 0 Å². The van der Waals surface area contributed by atoms with Crippen LogP contribution in [0.2, 0.25) is 0 Å². The Kier molecular flexibility index (Phi) is 1.77. The zero-order chi connectivity index (χ0) is 9.38. The van der Waals surface area contributed by atoms with Gasteiger partial charge in [0.25, 0.3) is 0 Å². The highest BCUT2D eigenvalue weighted by molar-refractivity contribution is 5.55. The summed E-state index contributed by atoms with van der Waals surface area (Å²) in [6.45, 7) is 2.25. The highest BCUT2D eigenvalue weighted by atomic mass is 14.9. The van der Waals surface area contributed by atoms with Gasteiger partial charge in [-0.25, -0.2) is 0 Å². The highest BCUT2D eigenvalue weighted by Crippen LogP contribution is 2.26. The quantitative estimate of drug-likeness (QED) is 0.731. The van der Waals surface area contributed by atoms with Gasteiger partial charge in [-0.2, -0.15) is 0 Å². The standard InChI is InChI=1S/C11H13N3/c1-3-12-7-9(1)10-2-5-14-6-4-13-8-11(10)14/h2,4-6,8-9,12H,1,3,7H2. The molecule has 1 atom stereocenters. The summed E-state index contributed by atoms with van der Waals surface area (Å²) in [5.41, 5.74) is 2.68. The molecule has 0 radical (unpaired) electrons. The summed E-state index contributed by atoms with van der Waals surface area (Å²) in [6, 6.07) is 2.22. The van der Waals surface area contributed by atoms with Crippen LogP contribution in [-0.4, -0.2) is 22.5 Å². The predicted octanol–water partition coefficient (Wildman–Crippen LogP) is 1.41. The van der Waals surface area contributed by atoms with Crippen LogP contribution in [0.1, 0.15) is 17.9 Å². The van der Waals surface area contributed by atoms with Crippen LogP contribution in [0.25, 0.3) is 5.52 Å². The number of aromatic nitrogens is 2. The summed E-state index contributed by atoms with van der Waals surface area (Å²) < 4.78 is 2.14. The van der Waals surface area contributed by atoms with Crippen molar-refractivity contribution in [3.63, 3.8) is 0 Å². The van der Waals surface area contributed by atoms with E-state index in [2.05, 4.69) is 27.0 Å². The van der Waals surface area contributed by atoms with Gasteiger partial charge in [0.2, 0.25) is 0 Å². The molecule has 0 aromatic carbocycles. The van der Waals surface area contributed by atoms with Crippen molar-refractivity contribution in [2.24, 2.45) is 0 Å². The van der Waals surface area contributed by atoms with E-state index in [1.54, 1.807) is 0 Å². The third-order valence-corrected chi connectivity index (χ3v) is 3.00. The number of rotatable bonds is 1. The van der Waals surface area contributed by atoms with Crippen molar-refractivity contribution in [3.05, 3.63) is 36.4 Å². The number of nitrogens with one attached hydrogen (secondary N) is 1. The Hall–Kier alpha value is -1.35. The lowest BCUT2D eigenvalue weighted by molar-refractivity contribution is 0.770. The summed E-state index contributed by atoms with van der Waals surface area (Å²) >= 11 is 0. The van der Waals surface area contributed by atoms with E-state index in [9.17, 15) is 0 Å². The van der Waals surface area contributed by atoms with Crippen LogP contribution in [0.5, 0.6) is 0 Å². The molecule has 0 spiro atoms. The molecule has 0 saturated carbocycles. The number of nitrogens with zero attached hydrogens (tertiary/aromatic N) is 2. The summed E-state index contributed by atoms with van der Waals surface area (Å²) in [6.07, 6.45) is 9.14. The van der Waals surface area contributed by atoms with Crippen molar-refractivity contribution in [1.29, 1.82) is 0 Å². The lowest BCUT2D eigenvalue weighted by atomic mass is 10.0. The van der Waals surface area contributed by atoms with Gasteiger partial charge in [-0.05, 0) is 30.5 Å². The second-order valence-corrected chi connectivity index (χ2v) is 3.83. The van der Waals surface area contributed by atoms with Crippen molar-refractivity contribution in [2.45, 2.75) is 12.3 Å². The summed E-state index contributed by atoms with van der Waals surface area (Å²) in [5, 5.41) is 3.40. The van der Waals surface area contributed by atoms with Gasteiger partial charge in [0.1, 0.15) is 0 Å². The molecule has 3 heteroatoms. The van der Waals surface area contributed by atoms with E-state index < -0.39 is 0 Å². The molecule has 1 N–H and O–H groups in total. The first kappa shape index (κ1) is 8.00. The summed E-state index contributed by atoms with van der Waals surface area (Å²) in [7, 11) is 0. The molecule has 1 aliphatic rings. The van der Waals surface area contributed by atoms with Crippen LogP contribution < -0.4 is 5.32 Å². The molecule has 3 rings (SSSR count). The van der Waals surface area contributed by atoms with Gasteiger partial charge >= 0.3 is 0 Å². The van der Waals surface area contributed by atoms with Gasteiger partial charge in [0.15, 0.2) is 0 Å². The highest BCUT2D eigenvalue weighted by Gasteiger charge is 2.19. The zero-order valence-electron chi connectivity index (χ0n) is 7.98. The molecule has 1 fully saturated rings. The fourth-order valence-corrected chi connectivity index (χ4v) is 2.24. The summed E-state index contributed by atoms with van der Waals surface area (Å²) in [4.78, 5) is 4.18. The maximum atomic E-state index is 4.18. The molecule has 3 heterocycles. The Morgan fingerprint density at radius 2 is 2.43 bits per heavy atom. The van der Waals surface area contributed by atoms with Gasteiger partial charge in [0.05, 0.1) is 11.7 Å². The van der Waals surface area contributed by atoms with Crippen molar-refractivity contribution in [2.75, 3.05) is 13.1 Å². The van der Waals surface area contributed by atoms with Gasteiger partial charge in [0, 0.05) is 25.1 Å². The first-order valence-electron chi connectivity index (χ1n) is 5.06. The minimum atomic E-state index is 0.671. The Morgan fingerprint density at radius 1 is 1.43 bits per heavy atom. The van der Waals surface area contributed by atoms with E-state index in [0.717, 1.165) is 13.1 Å². The van der Waals surface area contributed by atoms with E-state index in [1.165, 1.54) is 17.5 Å². The Balaban J connectivity index is 2.11. The third-order valence-electron chi connectivity index (χ3n) is 3.00. The molecule has 1 saturated heterocycles. The van der Waals surface area contributed by atoms with E-state index in [0.29, 0.717) is 5.92 Å². The lowest BCUT2D eigenvalue weighted by Gasteiger charge is -2.06. The van der Waals surface area contributed by atoms with Crippen LogP contribution >= 0.6 is 0 Å². The average Bonchev–Trinajstić information content (AvgIpc) is 2.85. The fourth-order valence-electron chi connectivity index (χ4n) is 2.24. The molecule has 0 aliphatic carbocycles. The number of hydrogen-bond acceptors (Lipinski definition) is 2. The molecule has 2 aromatic heterocycles. The van der Waals surface area contributed by atoms with Gasteiger partial charge in [-0.15, -0.1) is 0 Å². The molecule has 2 aromatic rings. The van der Waals surface area contributed by atoms with E-state index in [1.807, 2.05) is 18.6 Å². The van der Waals surface area contributed by atoms with Crippen LogP contribution in [0.3, 0.4) is 0 Å². The molecule has 1 unspecified atom stereocenters. The first-order chi connectivity index (χ1) is 6.95. The predicted molar refractivity (Wildman–Crippen MR) is 55.4 cm³/mol. The molecular weight excluding hydrogens is 174 g/mol. The first-order valence-corrected chi connectivity index (χ1v) is 5.06. The minimum Gasteiger partial charge on any atom is -0.321 e. The van der Waals surface area contributed by atoms with Crippen molar-refractivity contribution in [1.82, 2.24) is 14.7 Å². The van der Waals surface area contributed by atoms with E-state index >= 15 is 0 Å². The smallest absolute Gasteiger partial charge is 0.0669 e. The van der Waals surface area contributed by atoms with Crippen LogP contribution in [0, 0.1) is 0 Å². The van der Waals surface area contributed by atoms with Crippen molar-refractivity contribution >= 4 is 5.52 Å². The maximum absolute atomic E-state index is 4.18. The van der Waals surface area contributed by atoms with Gasteiger partial charge in [-0.1, -0.05) is 0 Å². The Bertz CT molecular complexity index is 440. The monoisotopic (exact) mass is 187 g/mol. The second-order valence-electron chi connectivity index (χ2n) is 3.83. The van der Waals surface area contributed by atoms with Crippen LogP contribution in [-0.2, 0) is 0 Å². The molecule has 1 aliphatic heterocycles. The maximum Gasteiger partial charge on any atom is 0.0669 e. The Labute approximate surface area is 82.8 Å². The SMILES string of the molecule is c1cn2ccc(C3CCNC3)c2cn1. The van der Waals surface area contributed by atoms with E-state index in [4.69, 9.17) is 0 Å². The normalized spacial score (nSPS) is 21.9. The average molecular weight is 187 g/mol. The van der Waals surface area contributed by atoms with Crippen LogP contribution in [0.15, 0.2) is 30.9 Å². The van der Waals surface area contributed by atoms with Crippen molar-refractivity contribution in [3.8, 4) is 0 Å². The molecule has 0 amide bonds. The molecule has 72 valence electrons. The molecule has 0 bridgehead atoms. The minimum absolute atomic E-state index is 0.671. The number of hydrogen-bond donors (Lipinski definition) is 1. The van der Waals surface area contributed by atoms with Gasteiger partial charge in [-0.3, -0.25) is 4.98 Å². The molecule has 3 nitrogen and oxygen atoms in total. The summed E-state index contributed by atoms with van der Waals surface area (Å²) in [5.74, 6) is 0.671. The topological polar surface area (TPSA) is 29.3 Å². The van der Waals surface area contributed by atoms with Gasteiger partial charge < -0.3 is 9.72 Å². The van der Waals surface area contributed by atoms with Crippen LogP contribution in [0.4, 0.5) is 0 Å². The zero-order valence-corrected chi connectivity index (χ0v) is 7.98. The molecule has 14 heavy (non-hydrogen) atoms. The van der Waals surface area contributed by atoms with Crippen molar-refractivity contribution < 1.29 is 0 Å². The third kappa shape index (κ3) is 1.13. The molecular formula is C11H13N3. The lowest BCUT2D eigenvalue weighted by Crippen LogP contribution is -2.07. The second kappa shape index (κ2) is 3.10. The fraction of sp³-hybridized carbons (Fsp3) is 0.364.